The summed E-state index contributed by atoms with van der Waals surface area (Å²) in [5.74, 6) is 0.0554. The van der Waals surface area contributed by atoms with Crippen molar-refractivity contribution in [3.05, 3.63) is 35.9 Å². The Bertz CT molecular complexity index is 354. The fourth-order valence-electron chi connectivity index (χ4n) is 1.57. The van der Waals surface area contributed by atoms with Gasteiger partial charge in [-0.05, 0) is 32.8 Å². The molecule has 1 aromatic carbocycles. The van der Waals surface area contributed by atoms with Crippen LogP contribution in [0.25, 0.3) is 0 Å². The van der Waals surface area contributed by atoms with Gasteiger partial charge in [-0.3, -0.25) is 4.79 Å². The van der Waals surface area contributed by atoms with Crippen molar-refractivity contribution in [1.82, 2.24) is 5.32 Å². The molecule has 3 nitrogen and oxygen atoms in total. The number of rotatable bonds is 5. The highest BCUT2D eigenvalue weighted by molar-refractivity contribution is 5.76. The second kappa shape index (κ2) is 5.82. The maximum absolute atomic E-state index is 11.7. The van der Waals surface area contributed by atoms with E-state index in [2.05, 4.69) is 5.32 Å². The minimum absolute atomic E-state index is 0.0459. The molecule has 3 N–H and O–H groups in total. The molecule has 17 heavy (non-hydrogen) atoms. The number of carbonyl (C=O) groups excluding carboxylic acids is 1. The molecule has 0 aliphatic heterocycles. The van der Waals surface area contributed by atoms with E-state index in [0.29, 0.717) is 12.8 Å². The van der Waals surface area contributed by atoms with E-state index in [1.54, 1.807) is 0 Å². The summed E-state index contributed by atoms with van der Waals surface area (Å²) in [5, 5.41) is 2.97. The van der Waals surface area contributed by atoms with E-state index in [0.717, 1.165) is 5.56 Å². The smallest absolute Gasteiger partial charge is 0.220 e. The molecule has 1 aromatic rings. The Hall–Kier alpha value is -1.35. The van der Waals surface area contributed by atoms with Crippen LogP contribution >= 0.6 is 0 Å². The van der Waals surface area contributed by atoms with Gasteiger partial charge in [0, 0.05) is 12.0 Å². The van der Waals surface area contributed by atoms with Gasteiger partial charge in [-0.1, -0.05) is 30.3 Å². The minimum Gasteiger partial charge on any atom is -0.350 e. The molecule has 0 aromatic heterocycles. The SMILES string of the molecule is C[C@@H](NC(=O)CCC(C)(C)N)c1ccccc1. The van der Waals surface area contributed by atoms with Gasteiger partial charge in [0.25, 0.3) is 0 Å². The third-order valence-corrected chi connectivity index (χ3v) is 2.67. The molecule has 0 heterocycles. The standard InChI is InChI=1S/C14H22N2O/c1-11(12-7-5-4-6-8-12)16-13(17)9-10-14(2,3)15/h4-8,11H,9-10,15H2,1-3H3,(H,16,17)/t11-/m1/s1. The fraction of sp³-hybridized carbons (Fsp3) is 0.500. The average molecular weight is 234 g/mol. The normalized spacial score (nSPS) is 13.2. The lowest BCUT2D eigenvalue weighted by Gasteiger charge is -2.19. The second-order valence-electron chi connectivity index (χ2n) is 5.19. The number of hydrogen-bond donors (Lipinski definition) is 2. The van der Waals surface area contributed by atoms with Crippen molar-refractivity contribution in [2.75, 3.05) is 0 Å². The van der Waals surface area contributed by atoms with Gasteiger partial charge in [0.05, 0.1) is 6.04 Å². The molecule has 1 atom stereocenters. The first-order valence-corrected chi connectivity index (χ1v) is 6.02. The van der Waals surface area contributed by atoms with E-state index in [1.807, 2.05) is 51.1 Å². The minimum atomic E-state index is -0.284. The highest BCUT2D eigenvalue weighted by atomic mass is 16.1. The maximum Gasteiger partial charge on any atom is 0.220 e. The Morgan fingerprint density at radius 2 is 1.94 bits per heavy atom. The molecule has 0 bridgehead atoms. The Morgan fingerprint density at radius 3 is 2.47 bits per heavy atom. The molecular formula is C14H22N2O. The Labute approximate surface area is 103 Å². The quantitative estimate of drug-likeness (QED) is 0.822. The lowest BCUT2D eigenvalue weighted by Crippen LogP contribution is -2.35. The zero-order valence-corrected chi connectivity index (χ0v) is 10.9. The number of nitrogens with one attached hydrogen (secondary N) is 1. The molecular weight excluding hydrogens is 212 g/mol. The Morgan fingerprint density at radius 1 is 1.35 bits per heavy atom. The Kier molecular flexibility index (Phi) is 4.70. The van der Waals surface area contributed by atoms with Crippen molar-refractivity contribution < 1.29 is 4.79 Å². The summed E-state index contributed by atoms with van der Waals surface area (Å²) in [7, 11) is 0. The van der Waals surface area contributed by atoms with Crippen molar-refractivity contribution in [3.8, 4) is 0 Å². The number of benzene rings is 1. The van der Waals surface area contributed by atoms with E-state index in [1.165, 1.54) is 0 Å². The van der Waals surface area contributed by atoms with Crippen molar-refractivity contribution >= 4 is 5.91 Å². The molecule has 3 heteroatoms. The van der Waals surface area contributed by atoms with Crippen molar-refractivity contribution in [2.24, 2.45) is 5.73 Å². The maximum atomic E-state index is 11.7. The van der Waals surface area contributed by atoms with Crippen molar-refractivity contribution in [2.45, 2.75) is 45.2 Å². The van der Waals surface area contributed by atoms with Crippen LogP contribution in [0.4, 0.5) is 0 Å². The van der Waals surface area contributed by atoms with Crippen LogP contribution in [-0.2, 0) is 4.79 Å². The van der Waals surface area contributed by atoms with Crippen LogP contribution in [0.5, 0.6) is 0 Å². The van der Waals surface area contributed by atoms with Crippen LogP contribution in [-0.4, -0.2) is 11.4 Å². The summed E-state index contributed by atoms with van der Waals surface area (Å²) < 4.78 is 0. The Balaban J connectivity index is 2.42. The van der Waals surface area contributed by atoms with Crippen LogP contribution in [0, 0.1) is 0 Å². The molecule has 0 radical (unpaired) electrons. The van der Waals surface area contributed by atoms with Gasteiger partial charge in [0.15, 0.2) is 0 Å². The molecule has 1 amide bonds. The van der Waals surface area contributed by atoms with E-state index < -0.39 is 0 Å². The lowest BCUT2D eigenvalue weighted by atomic mass is 9.99. The summed E-state index contributed by atoms with van der Waals surface area (Å²) in [6.45, 7) is 5.85. The first kappa shape index (κ1) is 13.7. The molecule has 0 saturated carbocycles. The third kappa shape index (κ3) is 5.50. The van der Waals surface area contributed by atoms with Crippen molar-refractivity contribution in [3.63, 3.8) is 0 Å². The molecule has 0 aliphatic rings. The highest BCUT2D eigenvalue weighted by Crippen LogP contribution is 2.12. The summed E-state index contributed by atoms with van der Waals surface area (Å²) >= 11 is 0. The van der Waals surface area contributed by atoms with Crippen LogP contribution in [0.2, 0.25) is 0 Å². The number of amides is 1. The van der Waals surface area contributed by atoms with Crippen LogP contribution in [0.3, 0.4) is 0 Å². The topological polar surface area (TPSA) is 55.1 Å². The van der Waals surface area contributed by atoms with Crippen molar-refractivity contribution in [1.29, 1.82) is 0 Å². The van der Waals surface area contributed by atoms with E-state index >= 15 is 0 Å². The molecule has 0 fully saturated rings. The summed E-state index contributed by atoms with van der Waals surface area (Å²) in [6.07, 6.45) is 1.17. The van der Waals surface area contributed by atoms with Gasteiger partial charge in [-0.25, -0.2) is 0 Å². The predicted octanol–water partition coefficient (Wildman–Crippen LogP) is 2.38. The fourth-order valence-corrected chi connectivity index (χ4v) is 1.57. The second-order valence-corrected chi connectivity index (χ2v) is 5.19. The van der Waals surface area contributed by atoms with Gasteiger partial charge in [-0.15, -0.1) is 0 Å². The molecule has 0 aliphatic carbocycles. The van der Waals surface area contributed by atoms with Crippen LogP contribution in [0.1, 0.15) is 45.2 Å². The van der Waals surface area contributed by atoms with E-state index in [4.69, 9.17) is 5.73 Å². The molecule has 0 saturated heterocycles. The predicted molar refractivity (Wildman–Crippen MR) is 70.5 cm³/mol. The third-order valence-electron chi connectivity index (χ3n) is 2.67. The highest BCUT2D eigenvalue weighted by Gasteiger charge is 2.14. The number of hydrogen-bond acceptors (Lipinski definition) is 2. The van der Waals surface area contributed by atoms with Gasteiger partial charge in [0.2, 0.25) is 5.91 Å². The summed E-state index contributed by atoms with van der Waals surface area (Å²) in [5.41, 5.74) is 6.68. The van der Waals surface area contributed by atoms with Gasteiger partial charge in [-0.2, -0.15) is 0 Å². The van der Waals surface area contributed by atoms with E-state index in [-0.39, 0.29) is 17.5 Å². The molecule has 94 valence electrons. The van der Waals surface area contributed by atoms with Gasteiger partial charge < -0.3 is 11.1 Å². The molecule has 1 rings (SSSR count). The zero-order chi connectivity index (χ0) is 12.9. The van der Waals surface area contributed by atoms with Crippen LogP contribution < -0.4 is 11.1 Å². The first-order chi connectivity index (χ1) is 7.88. The number of carbonyl (C=O) groups is 1. The number of nitrogens with two attached hydrogens (primary N) is 1. The van der Waals surface area contributed by atoms with Crippen LogP contribution in [0.15, 0.2) is 30.3 Å². The van der Waals surface area contributed by atoms with Gasteiger partial charge in [0.1, 0.15) is 0 Å². The zero-order valence-electron chi connectivity index (χ0n) is 10.9. The molecule has 0 unspecified atom stereocenters. The lowest BCUT2D eigenvalue weighted by molar-refractivity contribution is -0.122. The largest absolute Gasteiger partial charge is 0.350 e. The summed E-state index contributed by atoms with van der Waals surface area (Å²) in [4.78, 5) is 11.7. The van der Waals surface area contributed by atoms with Gasteiger partial charge >= 0.3 is 0 Å². The molecule has 0 spiro atoms. The average Bonchev–Trinajstić information content (AvgIpc) is 2.27. The monoisotopic (exact) mass is 234 g/mol. The van der Waals surface area contributed by atoms with E-state index in [9.17, 15) is 4.79 Å². The first-order valence-electron chi connectivity index (χ1n) is 6.02. The summed E-state index contributed by atoms with van der Waals surface area (Å²) in [6, 6.07) is 9.98.